The molecule has 0 aliphatic heterocycles. The minimum Gasteiger partial charge on any atom is -0.0654 e. The van der Waals surface area contributed by atoms with E-state index in [1.807, 2.05) is 0 Å². The van der Waals surface area contributed by atoms with Crippen molar-refractivity contribution in [3.05, 3.63) is 206 Å². The van der Waals surface area contributed by atoms with Gasteiger partial charge in [-0.2, -0.15) is 0 Å². The molecule has 0 N–H and O–H groups in total. The number of fused-ring (bicyclic) bond motifs is 6. The summed E-state index contributed by atoms with van der Waals surface area (Å²) in [5, 5.41) is 4.34. The zero-order valence-corrected chi connectivity index (χ0v) is 52.7. The minimum absolute atomic E-state index is 0.234. The lowest BCUT2D eigenvalue weighted by molar-refractivity contribution is 0.397. The van der Waals surface area contributed by atoms with Crippen molar-refractivity contribution in [2.45, 2.75) is 235 Å². The van der Waals surface area contributed by atoms with Crippen molar-refractivity contribution in [3.63, 3.8) is 0 Å². The molecule has 9 rings (SSSR count). The van der Waals surface area contributed by atoms with Gasteiger partial charge in [-0.05, 0) is 161 Å². The Hall–Kier alpha value is -5.03. The molecule has 0 heterocycles. The van der Waals surface area contributed by atoms with Crippen molar-refractivity contribution in [1.29, 1.82) is 0 Å². The third-order valence-electron chi connectivity index (χ3n) is 17.9. The van der Waals surface area contributed by atoms with Gasteiger partial charge in [-0.1, -0.05) is 316 Å². The van der Waals surface area contributed by atoms with Crippen molar-refractivity contribution < 1.29 is 0 Å². The molecule has 0 radical (unpaired) electrons. The molecule has 0 unspecified atom stereocenters. The molecular formula is C78H103P. The van der Waals surface area contributed by atoms with Gasteiger partial charge in [-0.25, -0.2) is 0 Å². The molecular weight excluding hydrogens is 968 g/mol. The standard InChI is InChI=1S/C31H46.C25H34.C22H23P/c1-5-7-9-11-13-15-21-31(22-16-14-12-10-8-6-2)29-23-25(3)17-19-27(29)28-20-18-26(4)24-30(28)31;1-5-7-9-15-25(16-10-8-6-2)23-17-19(3)11-13-21(23)22-14-12-20(4)18-24(22)25;1-16-10-12-21(18(3)14-16)23(20-8-6-5-7-9-20)22-13-11-17(2)15-19(22)4/h17-20,23-24H,5-16,21-22H2,1-4H3;11-14,17-18H,5-10,15-16H2,1-4H3;5-15H,1-4H3. The highest BCUT2D eigenvalue weighted by Crippen LogP contribution is 2.56. The second kappa shape index (κ2) is 30.1. The summed E-state index contributed by atoms with van der Waals surface area (Å²) in [6, 6.07) is 53.5. The van der Waals surface area contributed by atoms with E-state index in [1.165, 1.54) is 224 Å². The molecule has 0 fully saturated rings. The van der Waals surface area contributed by atoms with Crippen LogP contribution in [0.3, 0.4) is 0 Å². The lowest BCUT2D eigenvalue weighted by Gasteiger charge is -2.33. The summed E-state index contributed by atoms with van der Waals surface area (Å²) in [7, 11) is -0.512. The first-order valence-electron chi connectivity index (χ1n) is 31.8. The summed E-state index contributed by atoms with van der Waals surface area (Å²) in [6.07, 6.45) is 29.8. The van der Waals surface area contributed by atoms with Crippen LogP contribution in [0.25, 0.3) is 22.3 Å². The quantitative estimate of drug-likeness (QED) is 0.0395. The predicted octanol–water partition coefficient (Wildman–Crippen LogP) is 22.5. The van der Waals surface area contributed by atoms with E-state index in [1.54, 1.807) is 22.3 Å². The molecule has 0 nitrogen and oxygen atoms in total. The molecule has 0 atom stereocenters. The molecule has 2 aliphatic rings. The van der Waals surface area contributed by atoms with E-state index < -0.39 is 7.92 Å². The normalized spacial score (nSPS) is 13.2. The number of benzene rings is 7. The first-order chi connectivity index (χ1) is 38.3. The Morgan fingerprint density at radius 2 is 0.544 bits per heavy atom. The van der Waals surface area contributed by atoms with Gasteiger partial charge in [0.15, 0.2) is 0 Å². The number of hydrogen-bond donors (Lipinski definition) is 0. The summed E-state index contributed by atoms with van der Waals surface area (Å²) >= 11 is 0. The van der Waals surface area contributed by atoms with Crippen LogP contribution in [-0.4, -0.2) is 0 Å². The molecule has 1 heteroatoms. The van der Waals surface area contributed by atoms with E-state index in [0.717, 1.165) is 0 Å². The van der Waals surface area contributed by atoms with Crippen molar-refractivity contribution >= 4 is 23.8 Å². The number of aryl methyl sites for hydroxylation is 8. The Morgan fingerprint density at radius 1 is 0.278 bits per heavy atom. The molecule has 7 aromatic carbocycles. The maximum atomic E-state index is 2.53. The van der Waals surface area contributed by atoms with Crippen molar-refractivity contribution in [2.75, 3.05) is 0 Å². The predicted molar refractivity (Wildman–Crippen MR) is 353 cm³/mol. The maximum Gasteiger partial charge on any atom is 0.0215 e. The average Bonchev–Trinajstić information content (AvgIpc) is 4.04. The Balaban J connectivity index is 0.000000174. The van der Waals surface area contributed by atoms with E-state index in [9.17, 15) is 0 Å². The molecule has 2 aliphatic carbocycles. The Kier molecular flexibility index (Phi) is 23.5. The van der Waals surface area contributed by atoms with Crippen LogP contribution in [0.5, 0.6) is 0 Å². The summed E-state index contributed by atoms with van der Waals surface area (Å²) in [4.78, 5) is 0. The van der Waals surface area contributed by atoms with Crippen LogP contribution >= 0.6 is 7.92 Å². The van der Waals surface area contributed by atoms with Crippen LogP contribution in [0.15, 0.2) is 140 Å². The molecule has 420 valence electrons. The highest BCUT2D eigenvalue weighted by atomic mass is 31.1. The molecule has 0 amide bonds. The molecule has 0 saturated carbocycles. The van der Waals surface area contributed by atoms with Crippen LogP contribution < -0.4 is 15.9 Å². The van der Waals surface area contributed by atoms with E-state index in [0.29, 0.717) is 0 Å². The lowest BCUT2D eigenvalue weighted by atomic mass is 9.70. The molecule has 0 saturated heterocycles. The molecule has 0 aromatic heterocycles. The van der Waals surface area contributed by atoms with Gasteiger partial charge in [-0.15, -0.1) is 0 Å². The topological polar surface area (TPSA) is 0 Å². The van der Waals surface area contributed by atoms with Gasteiger partial charge in [-0.3, -0.25) is 0 Å². The second-order valence-electron chi connectivity index (χ2n) is 24.6. The fourth-order valence-corrected chi connectivity index (χ4v) is 16.2. The van der Waals surface area contributed by atoms with Gasteiger partial charge >= 0.3 is 0 Å². The van der Waals surface area contributed by atoms with Gasteiger partial charge in [0, 0.05) is 10.8 Å². The van der Waals surface area contributed by atoms with Crippen LogP contribution in [0.1, 0.15) is 236 Å². The summed E-state index contributed by atoms with van der Waals surface area (Å²) < 4.78 is 0. The van der Waals surface area contributed by atoms with Gasteiger partial charge in [0.1, 0.15) is 0 Å². The highest BCUT2D eigenvalue weighted by Gasteiger charge is 2.43. The van der Waals surface area contributed by atoms with Crippen molar-refractivity contribution in [2.24, 2.45) is 0 Å². The summed E-state index contributed by atoms with van der Waals surface area (Å²) in [5.41, 5.74) is 24.0. The summed E-state index contributed by atoms with van der Waals surface area (Å²) in [6.45, 7) is 27.1. The van der Waals surface area contributed by atoms with Crippen LogP contribution in [-0.2, 0) is 10.8 Å². The molecule has 79 heavy (non-hydrogen) atoms. The van der Waals surface area contributed by atoms with E-state index in [4.69, 9.17) is 0 Å². The lowest BCUT2D eigenvalue weighted by Crippen LogP contribution is -2.25. The Bertz CT molecular complexity index is 2820. The smallest absolute Gasteiger partial charge is 0.0215 e. The SMILES string of the molecule is CCCCCC1(CCCCC)c2cc(C)ccc2-c2ccc(C)cc21.CCCCCCCCC1(CCCCCCCC)c2cc(C)ccc2-c2ccc(C)cc21.Cc1ccc(P(c2ccccc2)c2ccc(C)cc2C)c(C)c1. The minimum atomic E-state index is -0.512. The Labute approximate surface area is 484 Å². The van der Waals surface area contributed by atoms with Crippen LogP contribution in [0.4, 0.5) is 0 Å². The van der Waals surface area contributed by atoms with Crippen molar-refractivity contribution in [3.8, 4) is 22.3 Å². The average molecular weight is 1070 g/mol. The number of hydrogen-bond acceptors (Lipinski definition) is 0. The largest absolute Gasteiger partial charge is 0.0654 e. The third-order valence-corrected chi connectivity index (χ3v) is 20.7. The van der Waals surface area contributed by atoms with Gasteiger partial charge < -0.3 is 0 Å². The Morgan fingerprint density at radius 3 is 0.861 bits per heavy atom. The molecule has 0 spiro atoms. The number of rotatable bonds is 25. The zero-order chi connectivity index (χ0) is 56.4. The van der Waals surface area contributed by atoms with Gasteiger partial charge in [0.25, 0.3) is 0 Å². The highest BCUT2D eigenvalue weighted by molar-refractivity contribution is 7.80. The van der Waals surface area contributed by atoms with E-state index in [-0.39, 0.29) is 10.8 Å². The first kappa shape index (κ1) is 61.6. The molecule has 0 bridgehead atoms. The monoisotopic (exact) mass is 1070 g/mol. The van der Waals surface area contributed by atoms with Gasteiger partial charge in [0.05, 0.1) is 0 Å². The fourth-order valence-electron chi connectivity index (χ4n) is 13.6. The van der Waals surface area contributed by atoms with Gasteiger partial charge in [0.2, 0.25) is 0 Å². The second-order valence-corrected chi connectivity index (χ2v) is 26.7. The fraction of sp³-hybridized carbons (Fsp3) is 0.462. The summed E-state index contributed by atoms with van der Waals surface area (Å²) in [5.74, 6) is 0. The van der Waals surface area contributed by atoms with Crippen molar-refractivity contribution in [1.82, 2.24) is 0 Å². The third kappa shape index (κ3) is 15.3. The van der Waals surface area contributed by atoms with Crippen LogP contribution in [0, 0.1) is 55.4 Å². The van der Waals surface area contributed by atoms with E-state index in [2.05, 4.69) is 223 Å². The zero-order valence-electron chi connectivity index (χ0n) is 51.8. The van der Waals surface area contributed by atoms with Crippen LogP contribution in [0.2, 0.25) is 0 Å². The molecule has 7 aromatic rings. The first-order valence-corrected chi connectivity index (χ1v) is 33.1. The van der Waals surface area contributed by atoms with E-state index >= 15 is 0 Å². The maximum absolute atomic E-state index is 2.53. The number of unbranched alkanes of at least 4 members (excludes halogenated alkanes) is 14.